The predicted octanol–water partition coefficient (Wildman–Crippen LogP) is 5.29. The molecule has 0 spiro atoms. The summed E-state index contributed by atoms with van der Waals surface area (Å²) < 4.78 is 10.7. The SMILES string of the molecule is COCC(C)Cc1cccc(C(C)(CCCC(C)(C)CSCCO)C(=O)NN(C)C(=O)OC(C)(C)C)c1.O=CO. The van der Waals surface area contributed by atoms with E-state index < -0.39 is 17.1 Å². The fourth-order valence-electron chi connectivity index (χ4n) is 4.23. The number of ether oxygens (including phenoxy) is 2. The minimum atomic E-state index is -0.842. The number of hydrogen-bond acceptors (Lipinski definition) is 7. The zero-order chi connectivity index (χ0) is 31.0. The molecule has 0 aliphatic heterocycles. The highest BCUT2D eigenvalue weighted by atomic mass is 32.2. The molecular weight excluding hydrogens is 532 g/mol. The molecule has 0 radical (unpaired) electrons. The first kappa shape index (κ1) is 37.7. The van der Waals surface area contributed by atoms with Crippen molar-refractivity contribution in [3.8, 4) is 0 Å². The van der Waals surface area contributed by atoms with Crippen molar-refractivity contribution >= 4 is 30.2 Å². The average molecular weight is 585 g/mol. The molecule has 9 nitrogen and oxygen atoms in total. The number of amides is 2. The number of rotatable bonds is 14. The molecular formula is C30H52N2O7S. The van der Waals surface area contributed by atoms with E-state index in [2.05, 4.69) is 38.3 Å². The normalized spacial score (nSPS) is 13.8. The molecule has 2 amide bonds. The zero-order valence-electron chi connectivity index (χ0n) is 25.9. The van der Waals surface area contributed by atoms with Crippen molar-refractivity contribution in [1.29, 1.82) is 0 Å². The van der Waals surface area contributed by atoms with E-state index in [1.54, 1.807) is 39.6 Å². The first-order chi connectivity index (χ1) is 18.5. The van der Waals surface area contributed by atoms with Gasteiger partial charge in [-0.1, -0.05) is 51.5 Å². The lowest BCUT2D eigenvalue weighted by atomic mass is 9.75. The fraction of sp³-hybridized carbons (Fsp3) is 0.700. The van der Waals surface area contributed by atoms with Gasteiger partial charge in [-0.05, 0) is 75.2 Å². The summed E-state index contributed by atoms with van der Waals surface area (Å²) in [6.07, 6.45) is 2.67. The van der Waals surface area contributed by atoms with E-state index in [4.69, 9.17) is 24.5 Å². The predicted molar refractivity (Wildman–Crippen MR) is 161 cm³/mol. The lowest BCUT2D eigenvalue weighted by Gasteiger charge is -2.33. The molecule has 40 heavy (non-hydrogen) atoms. The first-order valence-corrected chi connectivity index (χ1v) is 14.8. The first-order valence-electron chi connectivity index (χ1n) is 13.7. The number of carbonyl (C=O) groups is 3. The fourth-order valence-corrected chi connectivity index (χ4v) is 5.20. The number of aliphatic hydroxyl groups excluding tert-OH is 1. The Bertz CT molecular complexity index is 904. The summed E-state index contributed by atoms with van der Waals surface area (Å²) in [6.45, 7) is 14.5. The number of carbonyl (C=O) groups excluding carboxylic acids is 2. The highest BCUT2D eigenvalue weighted by Gasteiger charge is 2.37. The minimum absolute atomic E-state index is 0.0853. The van der Waals surface area contributed by atoms with E-state index in [0.29, 0.717) is 18.9 Å². The number of thioether (sulfide) groups is 1. The Kier molecular flexibility index (Phi) is 17.2. The van der Waals surface area contributed by atoms with E-state index in [0.717, 1.165) is 46.9 Å². The van der Waals surface area contributed by atoms with Crippen molar-refractivity contribution in [3.05, 3.63) is 35.4 Å². The highest BCUT2D eigenvalue weighted by Crippen LogP contribution is 2.35. The molecule has 3 N–H and O–H groups in total. The Hall–Kier alpha value is -2.30. The topological polar surface area (TPSA) is 125 Å². The van der Waals surface area contributed by atoms with Gasteiger partial charge in [0.1, 0.15) is 5.60 Å². The van der Waals surface area contributed by atoms with E-state index in [-0.39, 0.29) is 24.4 Å². The Morgan fingerprint density at radius 3 is 2.33 bits per heavy atom. The van der Waals surface area contributed by atoms with Gasteiger partial charge < -0.3 is 19.7 Å². The zero-order valence-corrected chi connectivity index (χ0v) is 26.7. The monoisotopic (exact) mass is 584 g/mol. The Labute approximate surface area is 245 Å². The lowest BCUT2D eigenvalue weighted by Crippen LogP contribution is -2.52. The molecule has 1 rings (SSSR count). The van der Waals surface area contributed by atoms with Crippen molar-refractivity contribution in [2.24, 2.45) is 11.3 Å². The Balaban J connectivity index is 0.00000483. The number of hydrogen-bond donors (Lipinski definition) is 3. The molecule has 0 heterocycles. The molecule has 1 aromatic rings. The number of hydrazine groups is 1. The molecule has 0 bridgehead atoms. The van der Waals surface area contributed by atoms with Crippen LogP contribution in [0.1, 0.15) is 78.9 Å². The molecule has 0 aromatic heterocycles. The van der Waals surface area contributed by atoms with Crippen LogP contribution in [0.3, 0.4) is 0 Å². The largest absolute Gasteiger partial charge is 0.483 e. The van der Waals surface area contributed by atoms with E-state index in [9.17, 15) is 9.59 Å². The molecule has 0 aliphatic rings. The average Bonchev–Trinajstić information content (AvgIpc) is 2.83. The third kappa shape index (κ3) is 14.9. The molecule has 10 heteroatoms. The minimum Gasteiger partial charge on any atom is -0.483 e. The number of nitrogens with one attached hydrogen (secondary N) is 1. The van der Waals surface area contributed by atoms with Crippen molar-refractivity contribution in [1.82, 2.24) is 10.4 Å². The molecule has 2 atom stereocenters. The van der Waals surface area contributed by atoms with Crippen molar-refractivity contribution in [2.75, 3.05) is 38.9 Å². The van der Waals surface area contributed by atoms with Gasteiger partial charge in [0, 0.05) is 26.5 Å². The quantitative estimate of drug-likeness (QED) is 0.153. The van der Waals surface area contributed by atoms with Gasteiger partial charge in [0.2, 0.25) is 5.91 Å². The Morgan fingerprint density at radius 2 is 1.77 bits per heavy atom. The second-order valence-corrected chi connectivity index (χ2v) is 13.3. The highest BCUT2D eigenvalue weighted by molar-refractivity contribution is 7.99. The molecule has 2 unspecified atom stereocenters. The van der Waals surface area contributed by atoms with Gasteiger partial charge in [-0.3, -0.25) is 15.0 Å². The van der Waals surface area contributed by atoms with Crippen LogP contribution >= 0.6 is 11.8 Å². The van der Waals surface area contributed by atoms with E-state index >= 15 is 0 Å². The van der Waals surface area contributed by atoms with Crippen LogP contribution in [0.4, 0.5) is 4.79 Å². The summed E-state index contributed by atoms with van der Waals surface area (Å²) in [6, 6.07) is 8.20. The van der Waals surface area contributed by atoms with E-state index in [1.807, 2.05) is 19.1 Å². The molecule has 0 fully saturated rings. The van der Waals surface area contributed by atoms with Crippen LogP contribution in [0.2, 0.25) is 0 Å². The van der Waals surface area contributed by atoms with Crippen molar-refractivity contribution in [3.63, 3.8) is 0 Å². The maximum absolute atomic E-state index is 13.7. The summed E-state index contributed by atoms with van der Waals surface area (Å²) in [5.74, 6) is 1.80. The number of aliphatic hydroxyl groups is 1. The number of benzene rings is 1. The summed E-state index contributed by atoms with van der Waals surface area (Å²) in [5, 5.41) is 17.1. The van der Waals surface area contributed by atoms with Crippen LogP contribution in [0.15, 0.2) is 24.3 Å². The van der Waals surface area contributed by atoms with Gasteiger partial charge in [0.05, 0.1) is 12.0 Å². The number of carboxylic acid groups (broad SMARTS) is 1. The lowest BCUT2D eigenvalue weighted by molar-refractivity contribution is -0.131. The smallest absolute Gasteiger partial charge is 0.428 e. The molecule has 1 aromatic carbocycles. The van der Waals surface area contributed by atoms with Gasteiger partial charge in [-0.15, -0.1) is 0 Å². The second-order valence-electron chi connectivity index (χ2n) is 12.2. The Morgan fingerprint density at radius 1 is 1.15 bits per heavy atom. The summed E-state index contributed by atoms with van der Waals surface area (Å²) in [7, 11) is 3.22. The molecule has 0 saturated heterocycles. The maximum atomic E-state index is 13.7. The van der Waals surface area contributed by atoms with Crippen molar-refractivity contribution in [2.45, 2.75) is 85.2 Å². The van der Waals surface area contributed by atoms with Crippen LogP contribution in [-0.2, 0) is 30.9 Å². The third-order valence-electron chi connectivity index (χ3n) is 6.30. The van der Waals surface area contributed by atoms with Gasteiger partial charge >= 0.3 is 6.09 Å². The standard InChI is InChI=1S/C29H50N2O5S.CH2O2/c1-22(20-35-9)18-23-12-10-13-24(19-23)29(7,15-11-14-28(5,6)21-37-17-16-32)25(33)30-31(8)26(34)36-27(2,3)4;2-1-3/h10,12-13,19,22,32H,11,14-18,20-21H2,1-9H3,(H,30,33);1H,(H,2,3). The third-order valence-corrected chi connectivity index (χ3v) is 7.75. The summed E-state index contributed by atoms with van der Waals surface area (Å²) >= 11 is 1.75. The van der Waals surface area contributed by atoms with Crippen LogP contribution < -0.4 is 5.43 Å². The molecule has 0 aliphatic carbocycles. The van der Waals surface area contributed by atoms with Gasteiger partial charge in [0.15, 0.2) is 0 Å². The number of methoxy groups -OCH3 is 1. The van der Waals surface area contributed by atoms with E-state index in [1.165, 1.54) is 7.05 Å². The van der Waals surface area contributed by atoms with Gasteiger partial charge in [0.25, 0.3) is 6.47 Å². The molecule has 0 saturated carbocycles. The van der Waals surface area contributed by atoms with Crippen LogP contribution in [0.5, 0.6) is 0 Å². The van der Waals surface area contributed by atoms with Gasteiger partial charge in [-0.25, -0.2) is 9.80 Å². The van der Waals surface area contributed by atoms with Crippen LogP contribution in [-0.4, -0.2) is 78.2 Å². The maximum Gasteiger partial charge on any atom is 0.428 e. The summed E-state index contributed by atoms with van der Waals surface area (Å²) in [5.41, 5.74) is 3.44. The van der Waals surface area contributed by atoms with Gasteiger partial charge in [-0.2, -0.15) is 11.8 Å². The summed E-state index contributed by atoms with van der Waals surface area (Å²) in [4.78, 5) is 34.6. The number of nitrogens with zero attached hydrogens (tertiary/aromatic N) is 1. The second kappa shape index (κ2) is 18.2. The molecule has 230 valence electrons. The van der Waals surface area contributed by atoms with Crippen LogP contribution in [0, 0.1) is 11.3 Å². The van der Waals surface area contributed by atoms with Crippen LogP contribution in [0.25, 0.3) is 0 Å². The van der Waals surface area contributed by atoms with Crippen molar-refractivity contribution < 1.29 is 34.1 Å².